The third-order valence-corrected chi connectivity index (χ3v) is 3.20. The maximum atomic E-state index is 11.1. The lowest BCUT2D eigenvalue weighted by Gasteiger charge is -2.12. The van der Waals surface area contributed by atoms with E-state index in [1.807, 2.05) is 30.3 Å². The first kappa shape index (κ1) is 14.5. The highest BCUT2D eigenvalue weighted by Crippen LogP contribution is 2.26. The zero-order chi connectivity index (χ0) is 14.7. The number of carboxylic acid groups (broad SMARTS) is 1. The number of nitrogens with zero attached hydrogens (tertiary/aromatic N) is 1. The lowest BCUT2D eigenvalue weighted by atomic mass is 9.98. The molecule has 3 nitrogen and oxygen atoms in total. The van der Waals surface area contributed by atoms with Crippen molar-refractivity contribution < 1.29 is 9.90 Å². The van der Waals surface area contributed by atoms with Crippen molar-refractivity contribution in [3.8, 4) is 11.1 Å². The van der Waals surface area contributed by atoms with Gasteiger partial charge < -0.3 is 5.11 Å². The van der Waals surface area contributed by atoms with Crippen molar-refractivity contribution in [1.29, 1.82) is 0 Å². The fourth-order valence-electron chi connectivity index (χ4n) is 2.06. The van der Waals surface area contributed by atoms with Gasteiger partial charge in [0.15, 0.2) is 0 Å². The van der Waals surface area contributed by atoms with Gasteiger partial charge in [-0.05, 0) is 36.1 Å². The van der Waals surface area contributed by atoms with Crippen LogP contribution in [0.5, 0.6) is 0 Å². The third-order valence-electron chi connectivity index (χ3n) is 2.95. The molecule has 0 fully saturated rings. The van der Waals surface area contributed by atoms with Crippen LogP contribution in [0.25, 0.3) is 11.1 Å². The third kappa shape index (κ3) is 3.36. The first-order chi connectivity index (χ1) is 9.47. The van der Waals surface area contributed by atoms with E-state index >= 15 is 0 Å². The van der Waals surface area contributed by atoms with Gasteiger partial charge in [-0.2, -0.15) is 0 Å². The topological polar surface area (TPSA) is 50.2 Å². The molecular weight excluding hydrogens is 274 g/mol. The zero-order valence-electron chi connectivity index (χ0n) is 11.4. The molecule has 1 N–H and O–H groups in total. The number of carboxylic acids is 1. The summed E-state index contributed by atoms with van der Waals surface area (Å²) in [6, 6.07) is 10.8. The number of benzene rings is 1. The van der Waals surface area contributed by atoms with E-state index in [1.165, 1.54) is 6.07 Å². The van der Waals surface area contributed by atoms with E-state index in [9.17, 15) is 4.79 Å². The molecule has 0 aliphatic carbocycles. The molecule has 0 saturated heterocycles. The van der Waals surface area contributed by atoms with Gasteiger partial charge in [-0.1, -0.05) is 43.6 Å². The summed E-state index contributed by atoms with van der Waals surface area (Å²) in [6.07, 6.45) is 0.735. The van der Waals surface area contributed by atoms with Gasteiger partial charge in [-0.15, -0.1) is 0 Å². The summed E-state index contributed by atoms with van der Waals surface area (Å²) in [4.78, 5) is 15.3. The minimum Gasteiger partial charge on any atom is -0.477 e. The second kappa shape index (κ2) is 6.06. The van der Waals surface area contributed by atoms with Crippen LogP contribution in [0, 0.1) is 5.92 Å². The second-order valence-corrected chi connectivity index (χ2v) is 5.54. The smallest absolute Gasteiger partial charge is 0.354 e. The Bertz CT molecular complexity index is 621. The van der Waals surface area contributed by atoms with Crippen LogP contribution >= 0.6 is 11.6 Å². The Kier molecular flexibility index (Phi) is 4.40. The van der Waals surface area contributed by atoms with Crippen molar-refractivity contribution in [3.05, 3.63) is 52.8 Å². The molecule has 0 amide bonds. The van der Waals surface area contributed by atoms with Crippen LogP contribution < -0.4 is 0 Å². The van der Waals surface area contributed by atoms with Gasteiger partial charge in [0.05, 0.1) is 0 Å². The van der Waals surface area contributed by atoms with Gasteiger partial charge in [0.1, 0.15) is 5.69 Å². The van der Waals surface area contributed by atoms with E-state index in [-0.39, 0.29) is 5.69 Å². The van der Waals surface area contributed by atoms with Crippen molar-refractivity contribution >= 4 is 17.6 Å². The molecule has 20 heavy (non-hydrogen) atoms. The van der Waals surface area contributed by atoms with Crippen molar-refractivity contribution in [3.63, 3.8) is 0 Å². The summed E-state index contributed by atoms with van der Waals surface area (Å²) in [5.74, 6) is -0.602. The van der Waals surface area contributed by atoms with E-state index in [2.05, 4.69) is 18.8 Å². The highest BCUT2D eigenvalue weighted by Gasteiger charge is 2.13. The lowest BCUT2D eigenvalue weighted by Crippen LogP contribution is -2.06. The average Bonchev–Trinajstić information content (AvgIpc) is 2.39. The molecule has 1 heterocycles. The molecular formula is C16H16ClNO2. The van der Waals surface area contributed by atoms with E-state index < -0.39 is 5.97 Å². The minimum atomic E-state index is -1.00. The number of carbonyl (C=O) groups is 1. The SMILES string of the molecule is CC(C)Cc1nc(C(=O)O)ccc1-c1ccc(Cl)cc1. The number of pyridine rings is 1. The number of hydrogen-bond donors (Lipinski definition) is 1. The summed E-state index contributed by atoms with van der Waals surface area (Å²) in [5, 5.41) is 9.74. The molecule has 0 aliphatic heterocycles. The Morgan fingerprint density at radius 2 is 1.85 bits per heavy atom. The van der Waals surface area contributed by atoms with Gasteiger partial charge in [0, 0.05) is 16.3 Å². The van der Waals surface area contributed by atoms with E-state index in [0.717, 1.165) is 23.2 Å². The largest absolute Gasteiger partial charge is 0.477 e. The van der Waals surface area contributed by atoms with Gasteiger partial charge >= 0.3 is 5.97 Å². The fourth-order valence-corrected chi connectivity index (χ4v) is 2.18. The first-order valence-corrected chi connectivity index (χ1v) is 6.84. The zero-order valence-corrected chi connectivity index (χ0v) is 12.2. The maximum Gasteiger partial charge on any atom is 0.354 e. The molecule has 0 spiro atoms. The van der Waals surface area contributed by atoms with Crippen LogP contribution in [0.2, 0.25) is 5.02 Å². The molecule has 0 atom stereocenters. The van der Waals surface area contributed by atoms with E-state index in [1.54, 1.807) is 0 Å². The predicted molar refractivity (Wildman–Crippen MR) is 80.2 cm³/mol. The number of aromatic carboxylic acids is 1. The molecule has 0 bridgehead atoms. The molecule has 0 radical (unpaired) electrons. The Hall–Kier alpha value is -1.87. The Morgan fingerprint density at radius 3 is 2.40 bits per heavy atom. The normalized spacial score (nSPS) is 10.8. The van der Waals surface area contributed by atoms with Crippen LogP contribution in [0.1, 0.15) is 30.0 Å². The monoisotopic (exact) mass is 289 g/mol. The summed E-state index contributed by atoms with van der Waals surface area (Å²) < 4.78 is 0. The van der Waals surface area contributed by atoms with Gasteiger partial charge in [0.2, 0.25) is 0 Å². The van der Waals surface area contributed by atoms with Crippen molar-refractivity contribution in [2.24, 2.45) is 5.92 Å². The maximum absolute atomic E-state index is 11.1. The number of hydrogen-bond acceptors (Lipinski definition) is 2. The summed E-state index contributed by atoms with van der Waals surface area (Å²) in [5.41, 5.74) is 2.84. The van der Waals surface area contributed by atoms with Crippen LogP contribution in [0.15, 0.2) is 36.4 Å². The van der Waals surface area contributed by atoms with E-state index in [0.29, 0.717) is 10.9 Å². The summed E-state index contributed by atoms with van der Waals surface area (Å²) in [7, 11) is 0. The fraction of sp³-hybridized carbons (Fsp3) is 0.250. The summed E-state index contributed by atoms with van der Waals surface area (Å²) >= 11 is 5.90. The molecule has 0 unspecified atom stereocenters. The highest BCUT2D eigenvalue weighted by molar-refractivity contribution is 6.30. The molecule has 104 valence electrons. The standard InChI is InChI=1S/C16H16ClNO2/c1-10(2)9-15-13(7-8-14(18-15)16(19)20)11-3-5-12(17)6-4-11/h3-8,10H,9H2,1-2H3,(H,19,20). The van der Waals surface area contributed by atoms with Crippen LogP contribution in [-0.4, -0.2) is 16.1 Å². The molecule has 1 aromatic carbocycles. The van der Waals surface area contributed by atoms with Gasteiger partial charge in [0.25, 0.3) is 0 Å². The Labute approximate surface area is 123 Å². The lowest BCUT2D eigenvalue weighted by molar-refractivity contribution is 0.0690. The Balaban J connectivity index is 2.50. The second-order valence-electron chi connectivity index (χ2n) is 5.10. The van der Waals surface area contributed by atoms with Crippen molar-refractivity contribution in [2.75, 3.05) is 0 Å². The molecule has 0 aliphatic rings. The van der Waals surface area contributed by atoms with Gasteiger partial charge in [-0.3, -0.25) is 0 Å². The minimum absolute atomic E-state index is 0.0818. The van der Waals surface area contributed by atoms with Crippen molar-refractivity contribution in [2.45, 2.75) is 20.3 Å². The quantitative estimate of drug-likeness (QED) is 0.913. The highest BCUT2D eigenvalue weighted by atomic mass is 35.5. The first-order valence-electron chi connectivity index (χ1n) is 6.46. The predicted octanol–water partition coefficient (Wildman–Crippen LogP) is 4.30. The number of aromatic nitrogens is 1. The molecule has 2 aromatic rings. The van der Waals surface area contributed by atoms with Crippen LogP contribution in [0.3, 0.4) is 0 Å². The number of halogens is 1. The molecule has 1 aromatic heterocycles. The average molecular weight is 290 g/mol. The summed E-state index contributed by atoms with van der Waals surface area (Å²) in [6.45, 7) is 4.17. The molecule has 4 heteroatoms. The molecule has 0 saturated carbocycles. The Morgan fingerprint density at radius 1 is 1.20 bits per heavy atom. The van der Waals surface area contributed by atoms with Gasteiger partial charge in [-0.25, -0.2) is 9.78 Å². The number of rotatable bonds is 4. The molecule has 2 rings (SSSR count). The van der Waals surface area contributed by atoms with Crippen LogP contribution in [0.4, 0.5) is 0 Å². The van der Waals surface area contributed by atoms with Crippen molar-refractivity contribution in [1.82, 2.24) is 4.98 Å². The van der Waals surface area contributed by atoms with E-state index in [4.69, 9.17) is 16.7 Å². The van der Waals surface area contributed by atoms with Crippen LogP contribution in [-0.2, 0) is 6.42 Å².